The number of nitro benzene ring substituents is 1. The molecular formula is C13H16N2O4. The van der Waals surface area contributed by atoms with Gasteiger partial charge in [-0.25, -0.2) is 0 Å². The first kappa shape index (κ1) is 13.5. The van der Waals surface area contributed by atoms with Gasteiger partial charge in [-0.05, 0) is 18.4 Å². The van der Waals surface area contributed by atoms with Crippen LogP contribution in [0.5, 0.6) is 0 Å². The zero-order valence-corrected chi connectivity index (χ0v) is 10.5. The molecule has 1 aromatic carbocycles. The number of benzene rings is 1. The molecule has 102 valence electrons. The van der Waals surface area contributed by atoms with Gasteiger partial charge in [-0.2, -0.15) is 0 Å². The Morgan fingerprint density at radius 3 is 2.68 bits per heavy atom. The average Bonchev–Trinajstić information content (AvgIpc) is 2.39. The standard InChI is InChI=1S/C13H16N2O4/c16-12-2-1-7-14(9-12)13(17)8-10-3-5-11(6-4-10)15(18)19/h3-6,12,16H,1-2,7-9H2. The lowest BCUT2D eigenvalue weighted by atomic mass is 10.1. The molecule has 0 spiro atoms. The van der Waals surface area contributed by atoms with Crippen molar-refractivity contribution in [3.63, 3.8) is 0 Å². The highest BCUT2D eigenvalue weighted by Crippen LogP contribution is 2.15. The first-order valence-corrected chi connectivity index (χ1v) is 6.25. The monoisotopic (exact) mass is 264 g/mol. The molecule has 1 fully saturated rings. The van der Waals surface area contributed by atoms with Crippen LogP contribution < -0.4 is 0 Å². The van der Waals surface area contributed by atoms with Crippen molar-refractivity contribution in [3.05, 3.63) is 39.9 Å². The Hall–Kier alpha value is -1.95. The van der Waals surface area contributed by atoms with Gasteiger partial charge in [-0.1, -0.05) is 12.1 Å². The number of nitrogens with zero attached hydrogens (tertiary/aromatic N) is 2. The number of aliphatic hydroxyl groups excluding tert-OH is 1. The maximum atomic E-state index is 12.0. The van der Waals surface area contributed by atoms with E-state index in [4.69, 9.17) is 0 Å². The molecule has 1 amide bonds. The number of hydrogen-bond donors (Lipinski definition) is 1. The molecule has 0 aliphatic carbocycles. The van der Waals surface area contributed by atoms with Crippen molar-refractivity contribution in [2.45, 2.75) is 25.4 Å². The number of piperidine rings is 1. The predicted octanol–water partition coefficient (Wildman–Crippen LogP) is 1.12. The van der Waals surface area contributed by atoms with E-state index >= 15 is 0 Å². The number of non-ortho nitro benzene ring substituents is 1. The van der Waals surface area contributed by atoms with E-state index in [-0.39, 0.29) is 18.0 Å². The number of rotatable bonds is 3. The summed E-state index contributed by atoms with van der Waals surface area (Å²) >= 11 is 0. The maximum Gasteiger partial charge on any atom is 0.269 e. The first-order chi connectivity index (χ1) is 9.06. The summed E-state index contributed by atoms with van der Waals surface area (Å²) in [4.78, 5) is 23.7. The zero-order chi connectivity index (χ0) is 13.8. The Kier molecular flexibility index (Phi) is 4.11. The van der Waals surface area contributed by atoms with Crippen LogP contribution in [0.4, 0.5) is 5.69 Å². The Bertz CT molecular complexity index is 472. The Labute approximate surface area is 110 Å². The van der Waals surface area contributed by atoms with Crippen molar-refractivity contribution in [1.82, 2.24) is 4.90 Å². The van der Waals surface area contributed by atoms with E-state index < -0.39 is 11.0 Å². The minimum atomic E-state index is -0.466. The molecule has 6 nitrogen and oxygen atoms in total. The minimum Gasteiger partial charge on any atom is -0.391 e. The SMILES string of the molecule is O=C(Cc1ccc([N+](=O)[O-])cc1)N1CCCC(O)C1. The number of carbonyl (C=O) groups is 1. The third-order valence-corrected chi connectivity index (χ3v) is 3.25. The molecule has 0 saturated carbocycles. The lowest BCUT2D eigenvalue weighted by Gasteiger charge is -2.30. The molecule has 1 unspecified atom stereocenters. The molecule has 1 N–H and O–H groups in total. The molecule has 1 aliphatic rings. The highest BCUT2D eigenvalue weighted by molar-refractivity contribution is 5.79. The molecule has 1 saturated heterocycles. The van der Waals surface area contributed by atoms with Crippen LogP contribution in [0.15, 0.2) is 24.3 Å². The Morgan fingerprint density at radius 1 is 1.42 bits per heavy atom. The van der Waals surface area contributed by atoms with Crippen LogP contribution in [-0.2, 0) is 11.2 Å². The summed E-state index contributed by atoms with van der Waals surface area (Å²) in [5.74, 6) is -0.0485. The molecule has 0 radical (unpaired) electrons. The minimum absolute atomic E-state index is 0.0181. The van der Waals surface area contributed by atoms with Gasteiger partial charge in [-0.15, -0.1) is 0 Å². The molecular weight excluding hydrogens is 248 g/mol. The molecule has 0 aromatic heterocycles. The second-order valence-corrected chi connectivity index (χ2v) is 4.74. The molecule has 19 heavy (non-hydrogen) atoms. The first-order valence-electron chi connectivity index (χ1n) is 6.25. The topological polar surface area (TPSA) is 83.7 Å². The molecule has 6 heteroatoms. The highest BCUT2D eigenvalue weighted by Gasteiger charge is 2.22. The lowest BCUT2D eigenvalue weighted by Crippen LogP contribution is -2.42. The number of nitro groups is 1. The van der Waals surface area contributed by atoms with E-state index in [9.17, 15) is 20.0 Å². The van der Waals surface area contributed by atoms with Crippen LogP contribution in [0.2, 0.25) is 0 Å². The summed E-state index contributed by atoms with van der Waals surface area (Å²) in [7, 11) is 0. The van der Waals surface area contributed by atoms with E-state index in [1.165, 1.54) is 12.1 Å². The van der Waals surface area contributed by atoms with Crippen molar-refractivity contribution in [2.24, 2.45) is 0 Å². The smallest absolute Gasteiger partial charge is 0.269 e. The maximum absolute atomic E-state index is 12.0. The zero-order valence-electron chi connectivity index (χ0n) is 10.5. The average molecular weight is 264 g/mol. The van der Waals surface area contributed by atoms with E-state index in [1.807, 2.05) is 0 Å². The van der Waals surface area contributed by atoms with E-state index in [2.05, 4.69) is 0 Å². The van der Waals surface area contributed by atoms with Crippen LogP contribution in [-0.4, -0.2) is 40.0 Å². The summed E-state index contributed by atoms with van der Waals surface area (Å²) in [6.45, 7) is 1.05. The van der Waals surface area contributed by atoms with Gasteiger partial charge in [0, 0.05) is 25.2 Å². The Morgan fingerprint density at radius 2 is 2.11 bits per heavy atom. The van der Waals surface area contributed by atoms with Crippen LogP contribution in [0, 0.1) is 10.1 Å². The Balaban J connectivity index is 1.96. The number of amides is 1. The van der Waals surface area contributed by atoms with E-state index in [1.54, 1.807) is 17.0 Å². The molecule has 1 heterocycles. The van der Waals surface area contributed by atoms with Gasteiger partial charge in [0.15, 0.2) is 0 Å². The summed E-state index contributed by atoms with van der Waals surface area (Å²) < 4.78 is 0. The van der Waals surface area contributed by atoms with Crippen molar-refractivity contribution in [1.29, 1.82) is 0 Å². The fourth-order valence-corrected chi connectivity index (χ4v) is 2.20. The van der Waals surface area contributed by atoms with Crippen LogP contribution >= 0.6 is 0 Å². The van der Waals surface area contributed by atoms with Gasteiger partial charge in [0.05, 0.1) is 17.4 Å². The molecule has 0 bridgehead atoms. The second-order valence-electron chi connectivity index (χ2n) is 4.74. The molecule has 2 rings (SSSR count). The third-order valence-electron chi connectivity index (χ3n) is 3.25. The highest BCUT2D eigenvalue weighted by atomic mass is 16.6. The number of carbonyl (C=O) groups excluding carboxylic acids is 1. The van der Waals surface area contributed by atoms with Crippen LogP contribution in [0.3, 0.4) is 0 Å². The summed E-state index contributed by atoms with van der Waals surface area (Å²) in [5.41, 5.74) is 0.764. The van der Waals surface area contributed by atoms with E-state index in [0.29, 0.717) is 13.1 Å². The fraction of sp³-hybridized carbons (Fsp3) is 0.462. The van der Waals surface area contributed by atoms with Gasteiger partial charge >= 0.3 is 0 Å². The van der Waals surface area contributed by atoms with Gasteiger partial charge in [0.25, 0.3) is 5.69 Å². The van der Waals surface area contributed by atoms with Gasteiger partial charge in [-0.3, -0.25) is 14.9 Å². The van der Waals surface area contributed by atoms with Crippen molar-refractivity contribution in [3.8, 4) is 0 Å². The van der Waals surface area contributed by atoms with Gasteiger partial charge in [0.1, 0.15) is 0 Å². The lowest BCUT2D eigenvalue weighted by molar-refractivity contribution is -0.384. The molecule has 1 aromatic rings. The van der Waals surface area contributed by atoms with Crippen LogP contribution in [0.1, 0.15) is 18.4 Å². The predicted molar refractivity (Wildman–Crippen MR) is 68.6 cm³/mol. The third kappa shape index (κ3) is 3.51. The van der Waals surface area contributed by atoms with Crippen molar-refractivity contribution >= 4 is 11.6 Å². The number of aliphatic hydroxyl groups is 1. The van der Waals surface area contributed by atoms with Crippen molar-refractivity contribution in [2.75, 3.05) is 13.1 Å². The van der Waals surface area contributed by atoms with Gasteiger partial charge in [0.2, 0.25) is 5.91 Å². The summed E-state index contributed by atoms with van der Waals surface area (Å²) in [6, 6.07) is 5.98. The van der Waals surface area contributed by atoms with Crippen LogP contribution in [0.25, 0.3) is 0 Å². The number of β-amino-alcohol motifs (C(OH)–C–C–N with tert-alkyl or cyclic N) is 1. The number of hydrogen-bond acceptors (Lipinski definition) is 4. The fourth-order valence-electron chi connectivity index (χ4n) is 2.20. The van der Waals surface area contributed by atoms with E-state index in [0.717, 1.165) is 18.4 Å². The molecule has 1 atom stereocenters. The molecule has 1 aliphatic heterocycles. The van der Waals surface area contributed by atoms with Gasteiger partial charge < -0.3 is 10.0 Å². The normalized spacial score (nSPS) is 19.2. The quantitative estimate of drug-likeness (QED) is 0.655. The van der Waals surface area contributed by atoms with Crippen molar-refractivity contribution < 1.29 is 14.8 Å². The largest absolute Gasteiger partial charge is 0.391 e. The second kappa shape index (κ2) is 5.79. The summed E-state index contributed by atoms with van der Waals surface area (Å²) in [5, 5.41) is 20.0. The number of likely N-dealkylation sites (tertiary alicyclic amines) is 1. The summed E-state index contributed by atoms with van der Waals surface area (Å²) in [6.07, 6.45) is 1.33.